The summed E-state index contributed by atoms with van der Waals surface area (Å²) in [5.74, 6) is 5.16. The fourth-order valence-corrected chi connectivity index (χ4v) is 19.3. The average molecular weight is 1030 g/mol. The molecule has 12 atom stereocenters. The van der Waals surface area contributed by atoms with Crippen LogP contribution in [0, 0.1) is 57.2 Å². The molecule has 8 rings (SSSR count). The summed E-state index contributed by atoms with van der Waals surface area (Å²) in [7, 11) is -3.48. The van der Waals surface area contributed by atoms with Crippen molar-refractivity contribution in [1.82, 2.24) is 0 Å². The lowest BCUT2D eigenvalue weighted by atomic mass is 9.47. The minimum atomic E-state index is -3.48. The lowest BCUT2D eigenvalue weighted by Gasteiger charge is -2.58. The number of ketones is 2. The second-order valence-electron chi connectivity index (χ2n) is 27.2. The van der Waals surface area contributed by atoms with E-state index in [2.05, 4.69) is 41.5 Å². The van der Waals surface area contributed by atoms with E-state index in [1.165, 1.54) is 185 Å². The highest BCUT2D eigenvalue weighted by Crippen LogP contribution is 2.67. The van der Waals surface area contributed by atoms with Gasteiger partial charge in [0.05, 0.1) is 18.0 Å². The zero-order valence-corrected chi connectivity index (χ0v) is 49.1. The maximum absolute atomic E-state index is 13.0. The van der Waals surface area contributed by atoms with Gasteiger partial charge in [-0.25, -0.2) is 0 Å². The quantitative estimate of drug-likeness (QED) is 0.0548. The monoisotopic (exact) mass is 1030 g/mol. The van der Waals surface area contributed by atoms with Gasteiger partial charge in [-0.1, -0.05) is 194 Å². The van der Waals surface area contributed by atoms with Gasteiger partial charge in [-0.15, -0.1) is 0 Å². The summed E-state index contributed by atoms with van der Waals surface area (Å²) in [6.07, 6.45) is 53.8. The lowest BCUT2D eigenvalue weighted by molar-refractivity contribution is -0.119. The summed E-state index contributed by atoms with van der Waals surface area (Å²) in [5.41, 5.74) is 3.71. The molecule has 0 aliphatic heterocycles. The Kier molecular flexibility index (Phi) is 22.8. The Hall–Kier alpha value is -1.31. The summed E-state index contributed by atoms with van der Waals surface area (Å²) in [6, 6.07) is 0. The summed E-state index contributed by atoms with van der Waals surface area (Å²) in [5, 5.41) is 0. The molecular weight excluding hydrogens is 921 g/mol. The molecule has 6 fully saturated rings. The van der Waals surface area contributed by atoms with Crippen molar-refractivity contribution in [2.24, 2.45) is 57.2 Å². The molecule has 0 radical (unpaired) electrons. The highest BCUT2D eigenvalue weighted by Gasteiger charge is 2.61. The van der Waals surface area contributed by atoms with Crippen LogP contribution in [0.15, 0.2) is 23.3 Å². The van der Waals surface area contributed by atoms with E-state index in [4.69, 9.17) is 8.92 Å². The number of fused-ring (bicyclic) bond motifs is 10. The maximum Gasteiger partial charge on any atom is 0.267 e. The Morgan fingerprint density at radius 2 is 0.822 bits per heavy atom. The molecule has 418 valence electrons. The summed E-state index contributed by atoms with van der Waals surface area (Å²) in [6.45, 7) is 15.3. The summed E-state index contributed by atoms with van der Waals surface area (Å²) >= 11 is 0. The molecule has 0 aromatic rings. The second kappa shape index (κ2) is 28.0. The van der Waals surface area contributed by atoms with Crippen molar-refractivity contribution < 1.29 is 26.9 Å². The van der Waals surface area contributed by atoms with Gasteiger partial charge < -0.3 is 4.74 Å². The van der Waals surface area contributed by atoms with E-state index >= 15 is 0 Å². The van der Waals surface area contributed by atoms with Crippen molar-refractivity contribution in [3.63, 3.8) is 0 Å². The third-order valence-electron chi connectivity index (χ3n) is 22.6. The molecule has 0 aromatic carbocycles. The number of allylic oxidation sites excluding steroid dienone is 2. The number of hydrogen-bond acceptors (Lipinski definition) is 6. The Bertz CT molecular complexity index is 1900. The fourth-order valence-electron chi connectivity index (χ4n) is 18.0. The highest BCUT2D eigenvalue weighted by molar-refractivity contribution is 7.86. The number of carbonyl (C=O) groups is 2. The number of hydrogen-bond donors (Lipinski definition) is 0. The highest BCUT2D eigenvalue weighted by atomic mass is 32.2. The fraction of sp³-hybridized carbons (Fsp3) is 0.909. The Labute approximate surface area is 449 Å². The molecule has 0 amide bonds. The van der Waals surface area contributed by atoms with Gasteiger partial charge in [0, 0.05) is 19.4 Å². The van der Waals surface area contributed by atoms with Crippen LogP contribution in [0.1, 0.15) is 298 Å². The average Bonchev–Trinajstić information content (AvgIpc) is 3.88. The van der Waals surface area contributed by atoms with Gasteiger partial charge in [-0.3, -0.25) is 13.8 Å². The third-order valence-corrected chi connectivity index (χ3v) is 23.9. The van der Waals surface area contributed by atoms with Crippen LogP contribution in [-0.4, -0.2) is 44.6 Å². The molecule has 0 N–H and O–H groups in total. The first-order chi connectivity index (χ1) is 35.2. The van der Waals surface area contributed by atoms with Crippen LogP contribution >= 0.6 is 0 Å². The normalized spacial score (nSPS) is 35.6. The minimum absolute atomic E-state index is 0.0349. The largest absolute Gasteiger partial charge is 0.378 e. The van der Waals surface area contributed by atoms with E-state index < -0.39 is 10.1 Å². The van der Waals surface area contributed by atoms with E-state index in [1.54, 1.807) is 0 Å². The zero-order valence-electron chi connectivity index (χ0n) is 48.3. The Balaban J connectivity index is 0.000000214. The molecule has 0 spiro atoms. The van der Waals surface area contributed by atoms with E-state index in [0.717, 1.165) is 101 Å². The molecule has 8 aliphatic carbocycles. The molecule has 7 heteroatoms. The minimum Gasteiger partial charge on any atom is -0.378 e. The Morgan fingerprint density at radius 3 is 1.26 bits per heavy atom. The first-order valence-electron chi connectivity index (χ1n) is 32.2. The maximum atomic E-state index is 13.0. The van der Waals surface area contributed by atoms with Crippen LogP contribution in [0.5, 0.6) is 0 Å². The second-order valence-corrected chi connectivity index (χ2v) is 28.9. The summed E-state index contributed by atoms with van der Waals surface area (Å²) in [4.78, 5) is 24.2. The predicted molar refractivity (Wildman–Crippen MR) is 304 cm³/mol. The van der Waals surface area contributed by atoms with E-state index in [9.17, 15) is 18.0 Å². The molecule has 0 saturated heterocycles. The molecule has 6 nitrogen and oxygen atoms in total. The molecule has 8 aliphatic rings. The summed E-state index contributed by atoms with van der Waals surface area (Å²) < 4.78 is 38.6. The van der Waals surface area contributed by atoms with Crippen molar-refractivity contribution in [2.75, 3.05) is 12.4 Å². The SMILES string of the molecule is CCCCCCCCCCCCCCO[C@H]1CC[C@H]2[C@@H]3CCC4=CC(=O)CC[C@]4(C)[C@H]3CC[C@]12C.CCCCCCCCCCCCCCS(=O)(=O)O[C@H]1CC[C@H]2[C@@H]3CCC4=CC(=O)CC[C@]4(C)[C@H]3CC[C@]12C. The van der Waals surface area contributed by atoms with Crippen LogP contribution in [0.25, 0.3) is 0 Å². The van der Waals surface area contributed by atoms with Crippen molar-refractivity contribution >= 4 is 21.7 Å². The van der Waals surface area contributed by atoms with Crippen LogP contribution in [0.2, 0.25) is 0 Å². The molecular formula is C66H112O6S. The van der Waals surface area contributed by atoms with Gasteiger partial charge in [-0.05, 0) is 172 Å². The van der Waals surface area contributed by atoms with E-state index in [0.29, 0.717) is 52.7 Å². The number of carbonyl (C=O) groups excluding carboxylic acids is 2. The lowest BCUT2D eigenvalue weighted by Crippen LogP contribution is -2.51. The zero-order chi connectivity index (χ0) is 52.0. The van der Waals surface area contributed by atoms with Crippen LogP contribution in [-0.2, 0) is 28.6 Å². The van der Waals surface area contributed by atoms with Gasteiger partial charge in [0.15, 0.2) is 11.6 Å². The smallest absolute Gasteiger partial charge is 0.267 e. The van der Waals surface area contributed by atoms with E-state index in [-0.39, 0.29) is 22.7 Å². The molecule has 73 heavy (non-hydrogen) atoms. The topological polar surface area (TPSA) is 86.7 Å². The third kappa shape index (κ3) is 14.9. The number of rotatable bonds is 29. The molecule has 0 heterocycles. The first kappa shape index (κ1) is 59.4. The first-order valence-corrected chi connectivity index (χ1v) is 33.8. The number of ether oxygens (including phenoxy) is 1. The van der Waals surface area contributed by atoms with Gasteiger partial charge in [0.1, 0.15) is 0 Å². The predicted octanol–water partition coefficient (Wildman–Crippen LogP) is 18.5. The molecule has 0 unspecified atom stereocenters. The molecule has 6 saturated carbocycles. The van der Waals surface area contributed by atoms with Crippen molar-refractivity contribution in [3.05, 3.63) is 23.3 Å². The molecule has 0 aromatic heterocycles. The van der Waals surface area contributed by atoms with Crippen LogP contribution in [0.4, 0.5) is 0 Å². The van der Waals surface area contributed by atoms with Crippen LogP contribution < -0.4 is 0 Å². The van der Waals surface area contributed by atoms with Crippen molar-refractivity contribution in [3.8, 4) is 0 Å². The van der Waals surface area contributed by atoms with Crippen LogP contribution in [0.3, 0.4) is 0 Å². The van der Waals surface area contributed by atoms with Crippen molar-refractivity contribution in [2.45, 2.75) is 311 Å². The van der Waals surface area contributed by atoms with Crippen molar-refractivity contribution in [1.29, 1.82) is 0 Å². The Morgan fingerprint density at radius 1 is 0.438 bits per heavy atom. The standard InChI is InChI=1S/C33H56O4S.C33H56O2/c1-4-5-6-7-8-9-10-11-12-13-14-15-24-38(35,36)37-31-19-18-29-28-17-16-26-25-27(34)20-22-32(26,2)30(28)21-23-33(29,31)3;1-4-5-6-7-8-9-10-11-12-13-14-15-24-35-31-19-18-29-28-17-16-26-25-27(34)20-22-32(26,2)30(28)21-23-33(29,31)3/h25,28-31H,4-24H2,1-3H3;25,28-31H,4-24H2,1-3H3/t2*28-,29-,30-,31-,32-,33-/m00/s1. The van der Waals surface area contributed by atoms with Gasteiger partial charge in [-0.2, -0.15) is 8.42 Å². The number of unbranched alkanes of at least 4 members (excludes halogenated alkanes) is 22. The van der Waals surface area contributed by atoms with Gasteiger partial charge in [0.2, 0.25) is 0 Å². The van der Waals surface area contributed by atoms with Gasteiger partial charge >= 0.3 is 0 Å². The van der Waals surface area contributed by atoms with E-state index in [1.807, 2.05) is 12.2 Å². The van der Waals surface area contributed by atoms with Gasteiger partial charge in [0.25, 0.3) is 10.1 Å². The molecule has 0 bridgehead atoms.